The minimum absolute atomic E-state index is 0.0309. The van der Waals surface area contributed by atoms with E-state index < -0.39 is 8.05 Å². The summed E-state index contributed by atoms with van der Waals surface area (Å²) in [6.07, 6.45) is 0. The van der Waals surface area contributed by atoms with Crippen LogP contribution >= 0.6 is 11.1 Å². The van der Waals surface area contributed by atoms with Crippen molar-refractivity contribution in [1.82, 2.24) is 0 Å². The third kappa shape index (κ3) is 1.78. The van der Waals surface area contributed by atoms with Crippen molar-refractivity contribution in [3.05, 3.63) is 30.3 Å². The monoisotopic (exact) mass is 178 g/mol. The summed E-state index contributed by atoms with van der Waals surface area (Å²) in [5.41, 5.74) is 0. The van der Waals surface area contributed by atoms with Crippen molar-refractivity contribution in [1.29, 1.82) is 0 Å². The Hall–Kier alpha value is -0.413. The Bertz CT molecular complexity index is 207. The standard InChI is InChI=1S/C6H5ClF2Si/c7-10(8,9)6-4-2-1-3-5-6/h1-5H. The molecule has 0 aromatic heterocycles. The molecular formula is C6H5ClF2Si. The van der Waals surface area contributed by atoms with Gasteiger partial charge < -0.3 is 0 Å². The first-order chi connectivity index (χ1) is 4.61. The lowest BCUT2D eigenvalue weighted by Gasteiger charge is -2.01. The molecule has 10 heavy (non-hydrogen) atoms. The Morgan fingerprint density at radius 3 is 1.90 bits per heavy atom. The van der Waals surface area contributed by atoms with Crippen LogP contribution in [0.25, 0.3) is 0 Å². The normalized spacial score (nSPS) is 11.5. The molecule has 0 amide bonds. The Labute approximate surface area is 63.5 Å². The quantitative estimate of drug-likeness (QED) is 0.456. The molecule has 1 aromatic carbocycles. The van der Waals surface area contributed by atoms with Crippen LogP contribution in [0.4, 0.5) is 8.22 Å². The van der Waals surface area contributed by atoms with Crippen LogP contribution in [0.5, 0.6) is 0 Å². The highest BCUT2D eigenvalue weighted by atomic mass is 35.6. The first-order valence-electron chi connectivity index (χ1n) is 2.73. The van der Waals surface area contributed by atoms with E-state index in [2.05, 4.69) is 0 Å². The van der Waals surface area contributed by atoms with Crippen LogP contribution in [0.1, 0.15) is 0 Å². The maximum Gasteiger partial charge on any atom is 0.554 e. The maximum absolute atomic E-state index is 12.4. The van der Waals surface area contributed by atoms with Gasteiger partial charge in [-0.05, 0) is 0 Å². The van der Waals surface area contributed by atoms with Gasteiger partial charge in [-0.15, -0.1) is 0 Å². The molecule has 0 nitrogen and oxygen atoms in total. The molecule has 0 heterocycles. The second kappa shape index (κ2) is 2.68. The van der Waals surface area contributed by atoms with E-state index in [0.717, 1.165) is 0 Å². The zero-order chi connectivity index (χ0) is 7.61. The molecule has 0 radical (unpaired) electrons. The van der Waals surface area contributed by atoms with Gasteiger partial charge in [0.25, 0.3) is 0 Å². The van der Waals surface area contributed by atoms with Gasteiger partial charge in [0.15, 0.2) is 0 Å². The molecule has 0 bridgehead atoms. The van der Waals surface area contributed by atoms with Gasteiger partial charge in [0.2, 0.25) is 0 Å². The van der Waals surface area contributed by atoms with Crippen LogP contribution in [0.2, 0.25) is 0 Å². The highest BCUT2D eigenvalue weighted by Gasteiger charge is 2.34. The van der Waals surface area contributed by atoms with Crippen LogP contribution in [0.15, 0.2) is 30.3 Å². The molecule has 0 saturated heterocycles. The van der Waals surface area contributed by atoms with Crippen molar-refractivity contribution < 1.29 is 8.22 Å². The summed E-state index contributed by atoms with van der Waals surface area (Å²) in [7, 11) is -4.56. The van der Waals surface area contributed by atoms with Crippen molar-refractivity contribution in [2.75, 3.05) is 0 Å². The number of benzene rings is 1. The van der Waals surface area contributed by atoms with E-state index in [1.165, 1.54) is 12.1 Å². The molecule has 1 aromatic rings. The zero-order valence-corrected chi connectivity index (χ0v) is 6.78. The molecule has 1 rings (SSSR count). The van der Waals surface area contributed by atoms with Crippen molar-refractivity contribution in [2.24, 2.45) is 0 Å². The molecule has 4 heteroatoms. The molecule has 0 fully saturated rings. The SMILES string of the molecule is F[Si](F)(Cl)c1ccccc1. The number of hydrogen-bond acceptors (Lipinski definition) is 0. The summed E-state index contributed by atoms with van der Waals surface area (Å²) in [5.74, 6) is 0. The van der Waals surface area contributed by atoms with Crippen molar-refractivity contribution in [3.8, 4) is 0 Å². The highest BCUT2D eigenvalue weighted by molar-refractivity contribution is 7.19. The Balaban J connectivity index is 2.97. The van der Waals surface area contributed by atoms with Gasteiger partial charge in [0.05, 0.1) is 0 Å². The lowest BCUT2D eigenvalue weighted by Crippen LogP contribution is -2.32. The number of halogens is 3. The van der Waals surface area contributed by atoms with Gasteiger partial charge in [-0.1, -0.05) is 41.4 Å². The van der Waals surface area contributed by atoms with Crippen molar-refractivity contribution >= 4 is 24.3 Å². The highest BCUT2D eigenvalue weighted by Crippen LogP contribution is 2.11. The summed E-state index contributed by atoms with van der Waals surface area (Å²) < 4.78 is 24.7. The van der Waals surface area contributed by atoms with Crippen molar-refractivity contribution in [3.63, 3.8) is 0 Å². The second-order valence-corrected chi connectivity index (χ2v) is 4.86. The molecule has 0 aliphatic heterocycles. The fourth-order valence-electron chi connectivity index (χ4n) is 0.627. The van der Waals surface area contributed by atoms with Gasteiger partial charge in [-0.2, -0.15) is 0 Å². The lowest BCUT2D eigenvalue weighted by molar-refractivity contribution is 0.669. The van der Waals surface area contributed by atoms with E-state index in [9.17, 15) is 8.22 Å². The van der Waals surface area contributed by atoms with E-state index >= 15 is 0 Å². The number of hydrogen-bond donors (Lipinski definition) is 0. The predicted octanol–water partition coefficient (Wildman–Crippen LogP) is 2.01. The molecule has 0 spiro atoms. The van der Waals surface area contributed by atoms with Gasteiger partial charge in [-0.25, -0.2) is 8.22 Å². The fraction of sp³-hybridized carbons (Fsp3) is 0. The minimum Gasteiger partial charge on any atom is -0.248 e. The summed E-state index contributed by atoms with van der Waals surface area (Å²) in [6.45, 7) is 0. The van der Waals surface area contributed by atoms with Crippen molar-refractivity contribution in [2.45, 2.75) is 0 Å². The van der Waals surface area contributed by atoms with E-state index in [1.807, 2.05) is 0 Å². The first kappa shape index (κ1) is 7.69. The smallest absolute Gasteiger partial charge is 0.248 e. The van der Waals surface area contributed by atoms with Gasteiger partial charge in [0.1, 0.15) is 0 Å². The molecule has 0 N–H and O–H groups in total. The molecule has 0 aliphatic rings. The molecule has 0 unspecified atom stereocenters. The van der Waals surface area contributed by atoms with E-state index in [4.69, 9.17) is 11.1 Å². The zero-order valence-electron chi connectivity index (χ0n) is 5.02. The van der Waals surface area contributed by atoms with E-state index in [-0.39, 0.29) is 5.19 Å². The summed E-state index contributed by atoms with van der Waals surface area (Å²) >= 11 is 4.86. The van der Waals surface area contributed by atoms with Gasteiger partial charge in [0, 0.05) is 5.19 Å². The molecule has 0 saturated carbocycles. The average Bonchev–Trinajstić information content (AvgIpc) is 1.88. The van der Waals surface area contributed by atoms with Crippen LogP contribution in [0, 0.1) is 0 Å². The van der Waals surface area contributed by atoms with Gasteiger partial charge in [-0.3, -0.25) is 0 Å². The van der Waals surface area contributed by atoms with Crippen LogP contribution in [-0.4, -0.2) is 8.05 Å². The molecule has 54 valence electrons. The summed E-state index contributed by atoms with van der Waals surface area (Å²) in [4.78, 5) is 0. The van der Waals surface area contributed by atoms with Crippen LogP contribution in [0.3, 0.4) is 0 Å². The summed E-state index contributed by atoms with van der Waals surface area (Å²) in [6, 6.07) is 7.48. The summed E-state index contributed by atoms with van der Waals surface area (Å²) in [5, 5.41) is -0.0309. The third-order valence-corrected chi connectivity index (χ3v) is 2.74. The Kier molecular flexibility index (Phi) is 2.06. The van der Waals surface area contributed by atoms with Crippen LogP contribution in [-0.2, 0) is 0 Å². The minimum atomic E-state index is -4.56. The van der Waals surface area contributed by atoms with Gasteiger partial charge >= 0.3 is 8.05 Å². The topological polar surface area (TPSA) is 0 Å². The number of rotatable bonds is 1. The molecule has 0 aliphatic carbocycles. The first-order valence-corrected chi connectivity index (χ1v) is 5.50. The largest absolute Gasteiger partial charge is 0.554 e. The molecule has 0 atom stereocenters. The lowest BCUT2D eigenvalue weighted by atomic mass is 10.4. The second-order valence-electron chi connectivity index (χ2n) is 1.86. The van der Waals surface area contributed by atoms with Crippen LogP contribution < -0.4 is 5.19 Å². The average molecular weight is 179 g/mol. The predicted molar refractivity (Wildman–Crippen MR) is 39.9 cm³/mol. The Morgan fingerprint density at radius 2 is 1.60 bits per heavy atom. The van der Waals surface area contributed by atoms with E-state index in [0.29, 0.717) is 0 Å². The maximum atomic E-state index is 12.4. The third-order valence-electron chi connectivity index (χ3n) is 1.10. The Morgan fingerprint density at radius 1 is 1.10 bits per heavy atom. The molecular weight excluding hydrogens is 174 g/mol. The fourth-order valence-corrected chi connectivity index (χ4v) is 1.58. The van der Waals surface area contributed by atoms with E-state index in [1.54, 1.807) is 18.2 Å².